The Balaban J connectivity index is 0.000000163. The largest absolute Gasteiger partial charge is 0.506 e. The molecule has 0 saturated carbocycles. The number of hydrogen-bond acceptors (Lipinski definition) is 19. The highest BCUT2D eigenvalue weighted by Crippen LogP contribution is 2.34. The van der Waals surface area contributed by atoms with Crippen LogP contribution in [0.15, 0.2) is 187 Å². The third-order valence-corrected chi connectivity index (χ3v) is 15.3. The molecule has 0 unspecified atom stereocenters. The number of esters is 1. The molecule has 490 valence electrons. The topological polar surface area (TPSA) is 391 Å². The summed E-state index contributed by atoms with van der Waals surface area (Å²) in [6, 6.07) is 49.3. The lowest BCUT2D eigenvalue weighted by Crippen LogP contribution is -2.25. The van der Waals surface area contributed by atoms with Gasteiger partial charge in [-0.05, 0) is 80.9 Å². The summed E-state index contributed by atoms with van der Waals surface area (Å²) in [5, 5.41) is 68.8. The molecule has 2 saturated heterocycles. The van der Waals surface area contributed by atoms with E-state index in [0.29, 0.717) is 55.9 Å². The van der Waals surface area contributed by atoms with Gasteiger partial charge in [0.05, 0.1) is 76.5 Å². The van der Waals surface area contributed by atoms with Gasteiger partial charge in [0.1, 0.15) is 58.3 Å². The van der Waals surface area contributed by atoms with E-state index in [-0.39, 0.29) is 56.2 Å². The van der Waals surface area contributed by atoms with Gasteiger partial charge in [-0.1, -0.05) is 114 Å². The van der Waals surface area contributed by atoms with Crippen molar-refractivity contribution < 1.29 is 24.8 Å². The van der Waals surface area contributed by atoms with Gasteiger partial charge in [-0.2, -0.15) is 36.5 Å². The van der Waals surface area contributed by atoms with E-state index in [1.165, 1.54) is 6.42 Å². The number of nitriles is 5. The number of alkyl halides is 1. The maximum atomic E-state index is 12.2. The van der Waals surface area contributed by atoms with Crippen LogP contribution in [0, 0.1) is 56.7 Å². The number of ether oxygens (including phenoxy) is 1. The molecule has 12 aromatic rings. The predicted molar refractivity (Wildman–Crippen MR) is 365 cm³/mol. The van der Waals surface area contributed by atoms with Gasteiger partial charge in [-0.15, -0.1) is 0 Å². The van der Waals surface area contributed by atoms with Gasteiger partial charge in [0.15, 0.2) is 5.56 Å². The van der Waals surface area contributed by atoms with Crippen molar-refractivity contribution in [3.05, 3.63) is 248 Å². The second-order valence-electron chi connectivity index (χ2n) is 20.2. The number of carbonyl (C=O) groups is 1. The Hall–Kier alpha value is -12.2. The molecule has 0 spiro atoms. The number of aromatic amines is 4. The maximum Gasteiger partial charge on any atom is 0.419 e. The van der Waals surface area contributed by atoms with Crippen molar-refractivity contribution in [2.45, 2.75) is 38.3 Å². The van der Waals surface area contributed by atoms with Crippen molar-refractivity contribution in [2.24, 2.45) is 0 Å². The fraction of sp³-hybridized carbons (Fsp3) is 0.176. The van der Waals surface area contributed by atoms with E-state index >= 15 is 0 Å². The molecule has 9 heterocycles. The number of H-pyrrole nitrogens is 4. The summed E-state index contributed by atoms with van der Waals surface area (Å²) < 4.78 is 28.2. The Morgan fingerprint density at radius 1 is 0.639 bits per heavy atom. The zero-order valence-electron chi connectivity index (χ0n) is 52.2. The maximum absolute atomic E-state index is 12.2. The van der Waals surface area contributed by atoms with Crippen LogP contribution in [-0.4, -0.2) is 95.5 Å². The minimum absolute atomic E-state index is 0.0367. The van der Waals surface area contributed by atoms with E-state index < -0.39 is 35.6 Å². The fourth-order valence-corrected chi connectivity index (χ4v) is 10.7. The first kappa shape index (κ1) is 70.6. The number of nitrogens with one attached hydrogen (secondary N) is 5. The summed E-state index contributed by atoms with van der Waals surface area (Å²) in [5.74, 6) is -1.43. The molecule has 2 aliphatic rings. The molecule has 14 rings (SSSR count). The van der Waals surface area contributed by atoms with Crippen molar-refractivity contribution in [2.75, 3.05) is 44.8 Å². The highest BCUT2D eigenvalue weighted by atomic mass is 35.5. The van der Waals surface area contributed by atoms with Crippen molar-refractivity contribution in [3.63, 3.8) is 0 Å². The second-order valence-corrected chi connectivity index (χ2v) is 21.3. The van der Waals surface area contributed by atoms with Crippen molar-refractivity contribution in [1.29, 1.82) is 26.3 Å². The molecular weight excluding hydrogens is 1310 g/mol. The quantitative estimate of drug-likeness (QED) is 0.0688. The Morgan fingerprint density at radius 3 is 1.67 bits per heavy atom. The van der Waals surface area contributed by atoms with Gasteiger partial charge in [0.2, 0.25) is 0 Å². The Labute approximate surface area is 566 Å². The minimum atomic E-state index is -1.00. The average molecular weight is 1370 g/mol. The third-order valence-electron chi connectivity index (χ3n) is 14.3. The first-order valence-electron chi connectivity index (χ1n) is 29.7. The zero-order valence-corrected chi connectivity index (χ0v) is 53.4. The molecule has 7 aromatic heterocycles. The van der Waals surface area contributed by atoms with Crippen LogP contribution in [0.2, 0.25) is 15.2 Å². The molecule has 0 bridgehead atoms. The third kappa shape index (κ3) is 18.3. The van der Waals surface area contributed by atoms with E-state index in [2.05, 4.69) is 60.6 Å². The van der Waals surface area contributed by atoms with Gasteiger partial charge < -0.3 is 39.4 Å². The molecule has 0 amide bonds. The van der Waals surface area contributed by atoms with E-state index in [1.807, 2.05) is 88.6 Å². The average Bonchev–Trinajstić information content (AvgIpc) is 1.30. The molecule has 2 fully saturated rings. The van der Waals surface area contributed by atoms with Crippen molar-refractivity contribution in [3.8, 4) is 36.1 Å². The SMILES string of the molecule is CCOC(=O)CC#N.N#Cc1c(Cl)c2ccccc2[nH]c1=O.N#Cc1c(Cl)nc2ccccc2c1Cl.N#Cc1c(N2CC[C@@H](n3cccn3)C2)c2ccccc2[nH]c1=O.N#Cc1c(O)c2ccccc2[nH]c1=O.O=c1[nH]c2ccccc2c(=O)o1.[2H]CF.c1cnn([C@@H]2CCNC2)c1. The number of carbonyl (C=O) groups excluding carboxylic acids is 1. The molecule has 2 aliphatic heterocycles. The molecule has 5 aromatic carbocycles. The summed E-state index contributed by atoms with van der Waals surface area (Å²) >= 11 is 17.7. The summed E-state index contributed by atoms with van der Waals surface area (Å²) in [5.41, 5.74) is 2.04. The number of halogens is 4. The summed E-state index contributed by atoms with van der Waals surface area (Å²) in [6.07, 6.45) is 9.58. The first-order valence-corrected chi connectivity index (χ1v) is 30.2. The number of para-hydroxylation sites is 5. The van der Waals surface area contributed by atoms with Crippen molar-refractivity contribution >= 4 is 101 Å². The molecule has 0 aliphatic carbocycles. The zero-order chi connectivity index (χ0) is 70.7. The lowest BCUT2D eigenvalue weighted by Gasteiger charge is -2.21. The second kappa shape index (κ2) is 35.7. The minimum Gasteiger partial charge on any atom is -0.506 e. The number of nitrogens with zero attached hydrogens (tertiary/aromatic N) is 11. The van der Waals surface area contributed by atoms with Gasteiger partial charge in [0.25, 0.3) is 16.7 Å². The smallest absolute Gasteiger partial charge is 0.419 e. The molecule has 2 atom stereocenters. The van der Waals surface area contributed by atoms with Gasteiger partial charge in [-0.25, -0.2) is 14.6 Å². The van der Waals surface area contributed by atoms with Crippen LogP contribution >= 0.6 is 34.8 Å². The number of benzene rings is 5. The highest BCUT2D eigenvalue weighted by molar-refractivity contribution is 6.39. The van der Waals surface area contributed by atoms with Crippen LogP contribution in [-0.2, 0) is 9.53 Å². The van der Waals surface area contributed by atoms with Crippen LogP contribution < -0.4 is 38.3 Å². The summed E-state index contributed by atoms with van der Waals surface area (Å²) in [7, 11) is -1.00. The van der Waals surface area contributed by atoms with Gasteiger partial charge in [-0.3, -0.25) is 37.9 Å². The lowest BCUT2D eigenvalue weighted by atomic mass is 10.1. The number of pyridine rings is 4. The Bertz CT molecular complexity index is 5190. The Kier molecular flexibility index (Phi) is 26.0. The van der Waals surface area contributed by atoms with Crippen molar-refractivity contribution in [1.82, 2.24) is 49.8 Å². The van der Waals surface area contributed by atoms with Gasteiger partial charge in [0, 0.05) is 71.5 Å². The predicted octanol–water partition coefficient (Wildman–Crippen LogP) is 10.6. The first-order chi connectivity index (χ1) is 47.4. The van der Waals surface area contributed by atoms with Gasteiger partial charge >= 0.3 is 17.4 Å². The molecule has 25 nitrogen and oxygen atoms in total. The molecule has 6 N–H and O–H groups in total. The fourth-order valence-electron chi connectivity index (χ4n) is 9.87. The van der Waals surface area contributed by atoms with Crippen LogP contribution in [0.4, 0.5) is 10.1 Å². The summed E-state index contributed by atoms with van der Waals surface area (Å²) in [4.78, 5) is 83.2. The monoisotopic (exact) mass is 1370 g/mol. The lowest BCUT2D eigenvalue weighted by molar-refractivity contribution is -0.141. The van der Waals surface area contributed by atoms with Crippen LogP contribution in [0.1, 0.15) is 61.9 Å². The number of anilines is 1. The molecule has 29 heteroatoms. The van der Waals surface area contributed by atoms with E-state index in [0.717, 1.165) is 54.6 Å². The van der Waals surface area contributed by atoms with Crippen LogP contribution in [0.25, 0.3) is 54.5 Å². The van der Waals surface area contributed by atoms with E-state index in [1.54, 1.807) is 110 Å². The molecule has 0 radical (unpaired) electrons. The van der Waals surface area contributed by atoms with Crippen LogP contribution in [0.3, 0.4) is 0 Å². The highest BCUT2D eigenvalue weighted by Gasteiger charge is 2.28. The number of fused-ring (bicyclic) bond motifs is 5. The van der Waals surface area contributed by atoms with E-state index in [9.17, 15) is 43.5 Å². The normalized spacial score (nSPS) is 13.2. The number of aromatic nitrogens is 9. The standard InChI is InChI=1S/C17H15N5O.C10H4Cl2N2.C10H5ClN2O.C10H6N2O2.C8H5NO3.C7H11N3.C5H7NO2.CH3F/c18-10-14-16(13-4-1-2-5-15(13)20-17(14)23)21-9-6-12(11-21)22-8-3-7-19-22;11-9-6-3-1-2-4-8(6)14-10(12)7(9)5-13;11-9-6-3-1-2-4-8(6)13-10(14)7(9)5-12;11-5-7-9(13)6-3-1-2-4-8(6)12-10(7)14;10-7-5-3-1-2-4-6(5)9-8(11)12-7;1-3-9-10(5-1)7-2-4-8-6-7;1-2-8-5(7)3-4-6;1-2/h1-5,7-8,12H,6,9,11H2,(H,20,23);1-4H;1-4H,(H,13,14);1-4H,(H2,12,13,14);1-4H,(H,9,11);1,3,5,7-8H,2,4,6H2;2-3H2,1H3;1H3/t12-;;;;;7-;;/m1....1../s1/i;;;;;;;1D. The molecular formula is C68H56Cl3FN16O9. The number of aromatic hydroxyl groups is 1. The van der Waals surface area contributed by atoms with Crippen LogP contribution in [0.5, 0.6) is 5.75 Å². The summed E-state index contributed by atoms with van der Waals surface area (Å²) in [6.45, 7) is 5.79. The Morgan fingerprint density at radius 2 is 1.12 bits per heavy atom. The van der Waals surface area contributed by atoms with E-state index in [4.69, 9.17) is 57.2 Å². The number of rotatable bonds is 5. The molecule has 97 heavy (non-hydrogen) atoms. The number of hydrogen-bond donors (Lipinski definition) is 6.